The van der Waals surface area contributed by atoms with E-state index < -0.39 is 0 Å². The van der Waals surface area contributed by atoms with Crippen LogP contribution in [-0.2, 0) is 19.1 Å². The lowest BCUT2D eigenvalue weighted by atomic mass is 10.2. The zero-order valence-electron chi connectivity index (χ0n) is 13.3. The molecule has 0 aromatic carbocycles. The van der Waals surface area contributed by atoms with Crippen molar-refractivity contribution in [1.29, 1.82) is 0 Å². The minimum atomic E-state index is -0.290. The van der Waals surface area contributed by atoms with Crippen molar-refractivity contribution in [2.24, 2.45) is 0 Å². The highest BCUT2D eigenvalue weighted by Crippen LogP contribution is 2.08. The Labute approximate surface area is 127 Å². The second kappa shape index (κ2) is 13.2. The first-order chi connectivity index (χ1) is 10.2. The number of nitrogens with one attached hydrogen (secondary N) is 1. The molecule has 120 valence electrons. The molecular formula is C16H27NO4. The third-order valence-electron chi connectivity index (χ3n) is 2.54. The smallest absolute Gasteiger partial charge is 0.337 e. The molecule has 0 fully saturated rings. The molecule has 0 heterocycles. The summed E-state index contributed by atoms with van der Waals surface area (Å²) in [5, 5.41) is 3.01. The molecule has 21 heavy (non-hydrogen) atoms. The summed E-state index contributed by atoms with van der Waals surface area (Å²) in [5.41, 5.74) is 1.23. The number of carbonyl (C=O) groups excluding carboxylic acids is 2. The largest absolute Gasteiger partial charge is 0.501 e. The Bertz CT molecular complexity index is 361. The lowest BCUT2D eigenvalue weighted by molar-refractivity contribution is -0.139. The van der Waals surface area contributed by atoms with E-state index in [-0.39, 0.29) is 5.97 Å². The topological polar surface area (TPSA) is 64.6 Å². The Kier molecular flexibility index (Phi) is 12.1. The van der Waals surface area contributed by atoms with E-state index in [2.05, 4.69) is 5.32 Å². The van der Waals surface area contributed by atoms with E-state index in [0.717, 1.165) is 25.5 Å². The van der Waals surface area contributed by atoms with E-state index in [4.69, 9.17) is 9.47 Å². The first kappa shape index (κ1) is 19.2. The number of rotatable bonds is 12. The third kappa shape index (κ3) is 10.6. The Balaban J connectivity index is 3.98. The predicted molar refractivity (Wildman–Crippen MR) is 82.6 cm³/mol. The zero-order chi connectivity index (χ0) is 15.9. The maximum Gasteiger partial charge on any atom is 0.337 e. The van der Waals surface area contributed by atoms with E-state index in [1.54, 1.807) is 13.1 Å². The fourth-order valence-corrected chi connectivity index (χ4v) is 1.45. The Morgan fingerprint density at radius 3 is 2.57 bits per heavy atom. The number of ether oxygens (including phenoxy) is 2. The molecule has 0 unspecified atom stereocenters. The normalized spacial score (nSPS) is 12.0. The van der Waals surface area contributed by atoms with Crippen LogP contribution in [0.2, 0.25) is 0 Å². The van der Waals surface area contributed by atoms with Gasteiger partial charge in [-0.15, -0.1) is 0 Å². The average Bonchev–Trinajstić information content (AvgIpc) is 2.50. The van der Waals surface area contributed by atoms with Crippen LogP contribution in [0.5, 0.6) is 0 Å². The molecule has 0 radical (unpaired) electrons. The highest BCUT2D eigenvalue weighted by Gasteiger charge is 2.10. The van der Waals surface area contributed by atoms with Crippen LogP contribution in [0.25, 0.3) is 0 Å². The number of hydrogen-bond donors (Lipinski definition) is 1. The highest BCUT2D eigenvalue weighted by atomic mass is 16.5. The molecule has 0 aromatic heterocycles. The first-order valence-electron chi connectivity index (χ1n) is 7.48. The molecule has 0 atom stereocenters. The lowest BCUT2D eigenvalue weighted by Crippen LogP contribution is -2.11. The summed E-state index contributed by atoms with van der Waals surface area (Å²) in [6.07, 6.45) is 7.09. The molecule has 0 aromatic rings. The molecule has 1 N–H and O–H groups in total. The molecule has 5 nitrogen and oxygen atoms in total. The van der Waals surface area contributed by atoms with Crippen molar-refractivity contribution >= 4 is 12.3 Å². The van der Waals surface area contributed by atoms with Crippen LogP contribution in [0.4, 0.5) is 0 Å². The standard InChI is InChI=1S/C16H27NO4/c1-4-7-15(16(19)21-9-5-2)13-20-10-6-8-17-11-14(3)12-18/h11-13,17H,4-10H2,1-3H3. The van der Waals surface area contributed by atoms with Crippen molar-refractivity contribution in [2.45, 2.75) is 46.5 Å². The van der Waals surface area contributed by atoms with Crippen molar-refractivity contribution in [2.75, 3.05) is 19.8 Å². The molecule has 0 saturated heterocycles. The maximum absolute atomic E-state index is 11.7. The van der Waals surface area contributed by atoms with Gasteiger partial charge in [-0.2, -0.15) is 0 Å². The van der Waals surface area contributed by atoms with Crippen molar-refractivity contribution < 1.29 is 19.1 Å². The lowest BCUT2D eigenvalue weighted by Gasteiger charge is -2.07. The summed E-state index contributed by atoms with van der Waals surface area (Å²) in [5.74, 6) is -0.290. The van der Waals surface area contributed by atoms with Crippen LogP contribution in [0, 0.1) is 0 Å². The number of aldehydes is 1. The van der Waals surface area contributed by atoms with Gasteiger partial charge in [0, 0.05) is 18.3 Å². The zero-order valence-corrected chi connectivity index (χ0v) is 13.3. The average molecular weight is 297 g/mol. The van der Waals surface area contributed by atoms with Crippen molar-refractivity contribution in [1.82, 2.24) is 5.32 Å². The number of hydrogen-bond acceptors (Lipinski definition) is 5. The molecular weight excluding hydrogens is 270 g/mol. The van der Waals surface area contributed by atoms with Crippen LogP contribution < -0.4 is 5.32 Å². The maximum atomic E-state index is 11.7. The van der Waals surface area contributed by atoms with Gasteiger partial charge in [0.15, 0.2) is 0 Å². The van der Waals surface area contributed by atoms with E-state index >= 15 is 0 Å². The fraction of sp³-hybridized carbons (Fsp3) is 0.625. The minimum absolute atomic E-state index is 0.290. The molecule has 0 rings (SSSR count). The van der Waals surface area contributed by atoms with E-state index in [0.29, 0.717) is 37.3 Å². The van der Waals surface area contributed by atoms with Crippen LogP contribution in [0.3, 0.4) is 0 Å². The van der Waals surface area contributed by atoms with Gasteiger partial charge in [-0.25, -0.2) is 4.79 Å². The summed E-state index contributed by atoms with van der Waals surface area (Å²) >= 11 is 0. The van der Waals surface area contributed by atoms with Gasteiger partial charge in [-0.05, 0) is 26.2 Å². The van der Waals surface area contributed by atoms with Gasteiger partial charge in [-0.3, -0.25) is 4.79 Å². The first-order valence-corrected chi connectivity index (χ1v) is 7.48. The third-order valence-corrected chi connectivity index (χ3v) is 2.54. The van der Waals surface area contributed by atoms with E-state index in [1.807, 2.05) is 13.8 Å². The predicted octanol–water partition coefficient (Wildman–Crippen LogP) is 2.72. The monoisotopic (exact) mass is 297 g/mol. The quantitative estimate of drug-likeness (QED) is 0.197. The van der Waals surface area contributed by atoms with Crippen molar-refractivity contribution in [3.8, 4) is 0 Å². The van der Waals surface area contributed by atoms with Gasteiger partial charge in [0.1, 0.15) is 6.29 Å². The van der Waals surface area contributed by atoms with Gasteiger partial charge in [-0.1, -0.05) is 20.3 Å². The SMILES string of the molecule is CCCOC(=O)C(=COCCCNC=C(C)C=O)CCC. The van der Waals surface area contributed by atoms with Gasteiger partial charge < -0.3 is 14.8 Å². The summed E-state index contributed by atoms with van der Waals surface area (Å²) in [4.78, 5) is 22.1. The summed E-state index contributed by atoms with van der Waals surface area (Å²) in [7, 11) is 0. The molecule has 0 amide bonds. The summed E-state index contributed by atoms with van der Waals surface area (Å²) < 4.78 is 10.5. The van der Waals surface area contributed by atoms with E-state index in [1.165, 1.54) is 6.26 Å². The number of esters is 1. The Morgan fingerprint density at radius 2 is 1.95 bits per heavy atom. The fourth-order valence-electron chi connectivity index (χ4n) is 1.45. The van der Waals surface area contributed by atoms with Crippen LogP contribution >= 0.6 is 0 Å². The van der Waals surface area contributed by atoms with Crippen LogP contribution in [0.1, 0.15) is 46.5 Å². The van der Waals surface area contributed by atoms with Crippen molar-refractivity contribution in [3.05, 3.63) is 23.6 Å². The van der Waals surface area contributed by atoms with Gasteiger partial charge in [0.25, 0.3) is 0 Å². The number of allylic oxidation sites excluding steroid dienone is 1. The van der Waals surface area contributed by atoms with Crippen LogP contribution in [-0.4, -0.2) is 32.0 Å². The van der Waals surface area contributed by atoms with E-state index in [9.17, 15) is 9.59 Å². The summed E-state index contributed by atoms with van der Waals surface area (Å²) in [6.45, 7) is 7.36. The van der Waals surface area contributed by atoms with Gasteiger partial charge in [0.2, 0.25) is 0 Å². The molecule has 0 aliphatic rings. The number of carbonyl (C=O) groups is 2. The Hall–Kier alpha value is -1.78. The molecule has 0 aliphatic heterocycles. The minimum Gasteiger partial charge on any atom is -0.501 e. The molecule has 0 saturated carbocycles. The molecule has 0 aliphatic carbocycles. The van der Waals surface area contributed by atoms with Gasteiger partial charge >= 0.3 is 5.97 Å². The highest BCUT2D eigenvalue weighted by molar-refractivity contribution is 5.88. The summed E-state index contributed by atoms with van der Waals surface area (Å²) in [6, 6.07) is 0. The molecule has 5 heteroatoms. The van der Waals surface area contributed by atoms with Gasteiger partial charge in [0.05, 0.1) is 25.0 Å². The molecule has 0 spiro atoms. The second-order valence-electron chi connectivity index (χ2n) is 4.71. The van der Waals surface area contributed by atoms with Crippen molar-refractivity contribution in [3.63, 3.8) is 0 Å². The second-order valence-corrected chi connectivity index (χ2v) is 4.71. The molecule has 0 bridgehead atoms. The van der Waals surface area contributed by atoms with Crippen LogP contribution in [0.15, 0.2) is 23.6 Å². The Morgan fingerprint density at radius 1 is 1.19 bits per heavy atom.